The van der Waals surface area contributed by atoms with Crippen LogP contribution in [0.2, 0.25) is 0 Å². The molecule has 0 aliphatic carbocycles. The normalized spacial score (nSPS) is 10.5. The fourth-order valence-electron chi connectivity index (χ4n) is 2.88. The molecule has 6 nitrogen and oxygen atoms in total. The van der Waals surface area contributed by atoms with Crippen LogP contribution in [0, 0.1) is 6.92 Å². The van der Waals surface area contributed by atoms with Gasteiger partial charge in [0.05, 0.1) is 30.2 Å². The first-order valence-corrected chi connectivity index (χ1v) is 9.86. The maximum atomic E-state index is 12.7. The molecule has 156 valence electrons. The average Bonchev–Trinajstić information content (AvgIpc) is 2.74. The number of carbonyl (C=O) groups is 1. The zero-order chi connectivity index (χ0) is 21.3. The summed E-state index contributed by atoms with van der Waals surface area (Å²) < 4.78 is 16.6. The molecule has 0 saturated heterocycles. The predicted molar refractivity (Wildman–Crippen MR) is 116 cm³/mol. The minimum absolute atomic E-state index is 0.224. The fourth-order valence-corrected chi connectivity index (χ4v) is 2.88. The number of benzene rings is 2. The Hall–Kier alpha value is -3.38. The van der Waals surface area contributed by atoms with E-state index in [1.54, 1.807) is 25.3 Å². The second kappa shape index (κ2) is 10.4. The van der Waals surface area contributed by atoms with Gasteiger partial charge < -0.3 is 19.5 Å². The number of hydrogen-bond donors (Lipinski definition) is 1. The van der Waals surface area contributed by atoms with Crippen LogP contribution in [-0.2, 0) is 11.3 Å². The number of rotatable bonds is 9. The predicted octanol–water partition coefficient (Wildman–Crippen LogP) is 5.37. The van der Waals surface area contributed by atoms with Crippen LogP contribution in [0.1, 0.15) is 35.1 Å². The summed E-state index contributed by atoms with van der Waals surface area (Å²) in [5.74, 6) is 1.90. The summed E-state index contributed by atoms with van der Waals surface area (Å²) in [7, 11) is 1.61. The van der Waals surface area contributed by atoms with Crippen molar-refractivity contribution in [1.82, 2.24) is 4.98 Å². The van der Waals surface area contributed by atoms with Gasteiger partial charge in [-0.1, -0.05) is 13.0 Å². The molecule has 0 radical (unpaired) electrons. The number of ether oxygens (including phenoxy) is 3. The molecule has 6 heteroatoms. The summed E-state index contributed by atoms with van der Waals surface area (Å²) in [6.07, 6.45) is 0.962. The van der Waals surface area contributed by atoms with Crippen LogP contribution in [-0.4, -0.2) is 24.6 Å². The van der Waals surface area contributed by atoms with E-state index in [0.29, 0.717) is 41.7 Å². The standard InChI is InChI=1S/C24H26N2O4/c1-4-14-29-20-9-11-21(12-10-20)30-22-7-5-6-18(15-22)26-24(27)23-13-8-19(16-28-3)25-17(23)2/h5-13,15H,4,14,16H2,1-3H3,(H,26,27). The van der Waals surface area contributed by atoms with Gasteiger partial charge in [-0.15, -0.1) is 0 Å². The van der Waals surface area contributed by atoms with Crippen molar-refractivity contribution in [1.29, 1.82) is 0 Å². The number of carbonyl (C=O) groups excluding carboxylic acids is 1. The van der Waals surface area contributed by atoms with Gasteiger partial charge in [0, 0.05) is 18.9 Å². The summed E-state index contributed by atoms with van der Waals surface area (Å²) in [6, 6.07) is 18.3. The van der Waals surface area contributed by atoms with Gasteiger partial charge in [0.2, 0.25) is 0 Å². The van der Waals surface area contributed by atoms with E-state index in [2.05, 4.69) is 17.2 Å². The Morgan fingerprint density at radius 2 is 1.77 bits per heavy atom. The summed E-state index contributed by atoms with van der Waals surface area (Å²) >= 11 is 0. The quantitative estimate of drug-likeness (QED) is 0.517. The molecule has 0 atom stereocenters. The topological polar surface area (TPSA) is 69.7 Å². The minimum atomic E-state index is -0.224. The molecule has 1 aromatic heterocycles. The van der Waals surface area contributed by atoms with Crippen LogP contribution in [0.15, 0.2) is 60.7 Å². The number of nitrogens with one attached hydrogen (secondary N) is 1. The lowest BCUT2D eigenvalue weighted by atomic mass is 10.1. The van der Waals surface area contributed by atoms with Gasteiger partial charge in [0.1, 0.15) is 17.2 Å². The molecule has 3 aromatic rings. The number of aromatic nitrogens is 1. The van der Waals surface area contributed by atoms with Gasteiger partial charge in [-0.05, 0) is 61.9 Å². The van der Waals surface area contributed by atoms with E-state index < -0.39 is 0 Å². The molecular weight excluding hydrogens is 380 g/mol. The van der Waals surface area contributed by atoms with E-state index in [9.17, 15) is 4.79 Å². The van der Waals surface area contributed by atoms with E-state index in [1.165, 1.54) is 0 Å². The van der Waals surface area contributed by atoms with E-state index in [4.69, 9.17) is 14.2 Å². The van der Waals surface area contributed by atoms with Gasteiger partial charge in [0.15, 0.2) is 0 Å². The highest BCUT2D eigenvalue weighted by atomic mass is 16.5. The zero-order valence-corrected chi connectivity index (χ0v) is 17.5. The van der Waals surface area contributed by atoms with Crippen molar-refractivity contribution in [2.24, 2.45) is 0 Å². The largest absolute Gasteiger partial charge is 0.494 e. The third kappa shape index (κ3) is 5.81. The van der Waals surface area contributed by atoms with Gasteiger partial charge >= 0.3 is 0 Å². The first-order valence-electron chi connectivity index (χ1n) is 9.86. The molecule has 0 fully saturated rings. The minimum Gasteiger partial charge on any atom is -0.494 e. The number of aryl methyl sites for hydroxylation is 1. The van der Waals surface area contributed by atoms with Crippen LogP contribution in [0.3, 0.4) is 0 Å². The van der Waals surface area contributed by atoms with E-state index in [1.807, 2.05) is 49.4 Å². The molecule has 0 bridgehead atoms. The number of methoxy groups -OCH3 is 1. The van der Waals surface area contributed by atoms with Gasteiger partial charge in [-0.3, -0.25) is 9.78 Å². The van der Waals surface area contributed by atoms with Crippen molar-refractivity contribution in [2.45, 2.75) is 26.9 Å². The number of nitrogens with zero attached hydrogens (tertiary/aromatic N) is 1. The van der Waals surface area contributed by atoms with Crippen molar-refractivity contribution in [2.75, 3.05) is 19.0 Å². The zero-order valence-electron chi connectivity index (χ0n) is 17.5. The van der Waals surface area contributed by atoms with Crippen LogP contribution >= 0.6 is 0 Å². The lowest BCUT2D eigenvalue weighted by Crippen LogP contribution is -2.14. The van der Waals surface area contributed by atoms with Crippen LogP contribution in [0.5, 0.6) is 17.2 Å². The highest BCUT2D eigenvalue weighted by Gasteiger charge is 2.12. The van der Waals surface area contributed by atoms with E-state index in [-0.39, 0.29) is 5.91 Å². The molecule has 1 amide bonds. The average molecular weight is 406 g/mol. The van der Waals surface area contributed by atoms with Crippen molar-refractivity contribution >= 4 is 11.6 Å². The Balaban J connectivity index is 1.66. The maximum Gasteiger partial charge on any atom is 0.257 e. The third-order valence-corrected chi connectivity index (χ3v) is 4.30. The highest BCUT2D eigenvalue weighted by Crippen LogP contribution is 2.26. The summed E-state index contributed by atoms with van der Waals surface area (Å²) in [5.41, 5.74) is 2.59. The molecule has 0 unspecified atom stereocenters. The first kappa shape index (κ1) is 21.3. The number of pyridine rings is 1. The Kier molecular flexibility index (Phi) is 7.40. The molecule has 30 heavy (non-hydrogen) atoms. The number of amides is 1. The summed E-state index contributed by atoms with van der Waals surface area (Å²) in [6.45, 7) is 4.97. The van der Waals surface area contributed by atoms with Gasteiger partial charge in [-0.2, -0.15) is 0 Å². The molecule has 1 N–H and O–H groups in total. The monoisotopic (exact) mass is 406 g/mol. The molecule has 3 rings (SSSR count). The van der Waals surface area contributed by atoms with Crippen molar-refractivity contribution in [3.63, 3.8) is 0 Å². The number of anilines is 1. The van der Waals surface area contributed by atoms with Gasteiger partial charge in [0.25, 0.3) is 5.91 Å². The summed E-state index contributed by atoms with van der Waals surface area (Å²) in [4.78, 5) is 17.1. The van der Waals surface area contributed by atoms with Crippen LogP contribution < -0.4 is 14.8 Å². The number of hydrogen-bond acceptors (Lipinski definition) is 5. The summed E-state index contributed by atoms with van der Waals surface area (Å²) in [5, 5.41) is 2.90. The van der Waals surface area contributed by atoms with Crippen molar-refractivity contribution < 1.29 is 19.0 Å². The Bertz CT molecular complexity index is 987. The smallest absolute Gasteiger partial charge is 0.257 e. The van der Waals surface area contributed by atoms with Crippen molar-refractivity contribution in [3.8, 4) is 17.2 Å². The lowest BCUT2D eigenvalue weighted by molar-refractivity contribution is 0.102. The van der Waals surface area contributed by atoms with Crippen LogP contribution in [0.4, 0.5) is 5.69 Å². The van der Waals surface area contributed by atoms with E-state index >= 15 is 0 Å². The molecule has 0 aliphatic heterocycles. The SMILES string of the molecule is CCCOc1ccc(Oc2cccc(NC(=O)c3ccc(COC)nc3C)c2)cc1. The Morgan fingerprint density at radius 3 is 2.47 bits per heavy atom. The maximum absolute atomic E-state index is 12.7. The van der Waals surface area contributed by atoms with Crippen LogP contribution in [0.25, 0.3) is 0 Å². The molecule has 0 aliphatic rings. The first-order chi connectivity index (χ1) is 14.6. The molecule has 0 spiro atoms. The third-order valence-electron chi connectivity index (χ3n) is 4.30. The van der Waals surface area contributed by atoms with E-state index in [0.717, 1.165) is 17.9 Å². The second-order valence-corrected chi connectivity index (χ2v) is 6.77. The Labute approximate surface area is 176 Å². The fraction of sp³-hybridized carbons (Fsp3) is 0.250. The Morgan fingerprint density at radius 1 is 1.00 bits per heavy atom. The molecule has 0 saturated carbocycles. The second-order valence-electron chi connectivity index (χ2n) is 6.77. The lowest BCUT2D eigenvalue weighted by Gasteiger charge is -2.11. The molecule has 2 aromatic carbocycles. The molecule has 1 heterocycles. The highest BCUT2D eigenvalue weighted by molar-refractivity contribution is 6.05. The van der Waals surface area contributed by atoms with Crippen molar-refractivity contribution in [3.05, 3.63) is 77.6 Å². The molecular formula is C24H26N2O4. The van der Waals surface area contributed by atoms with Gasteiger partial charge in [-0.25, -0.2) is 0 Å².